The van der Waals surface area contributed by atoms with Crippen LogP contribution in [0.25, 0.3) is 20.9 Å². The molecule has 1 saturated heterocycles. The fourth-order valence-electron chi connectivity index (χ4n) is 4.00. The first-order valence-corrected chi connectivity index (χ1v) is 11.4. The summed E-state index contributed by atoms with van der Waals surface area (Å²) in [6.07, 6.45) is 3.12. The van der Waals surface area contributed by atoms with Gasteiger partial charge in [-0.3, -0.25) is 9.69 Å². The van der Waals surface area contributed by atoms with Crippen molar-refractivity contribution in [1.29, 1.82) is 0 Å². The van der Waals surface area contributed by atoms with Crippen molar-refractivity contribution in [3.63, 3.8) is 0 Å². The van der Waals surface area contributed by atoms with Crippen LogP contribution in [-0.4, -0.2) is 63.9 Å². The second-order valence-electron chi connectivity index (χ2n) is 7.76. The number of benzene rings is 2. The smallest absolute Gasteiger partial charge is 0.274 e. The van der Waals surface area contributed by atoms with Crippen LogP contribution >= 0.6 is 11.3 Å². The van der Waals surface area contributed by atoms with E-state index < -0.39 is 0 Å². The molecule has 4 aromatic rings. The highest BCUT2D eigenvalue weighted by atomic mass is 32.1. The zero-order valence-electron chi connectivity index (χ0n) is 18.1. The number of thiazole rings is 1. The van der Waals surface area contributed by atoms with Crippen molar-refractivity contribution in [2.45, 2.75) is 6.54 Å². The number of methoxy groups -OCH3 is 1. The van der Waals surface area contributed by atoms with Gasteiger partial charge in [-0.05, 0) is 30.3 Å². The predicted octanol–water partition coefficient (Wildman–Crippen LogP) is 3.86. The number of ether oxygens (including phenoxy) is 1. The molecule has 2 aromatic carbocycles. The Kier molecular flexibility index (Phi) is 5.97. The van der Waals surface area contributed by atoms with Gasteiger partial charge in [0.25, 0.3) is 5.91 Å². The zero-order valence-corrected chi connectivity index (χ0v) is 18.9. The summed E-state index contributed by atoms with van der Waals surface area (Å²) in [4.78, 5) is 30.8. The summed E-state index contributed by atoms with van der Waals surface area (Å²) in [6.45, 7) is 2.99. The van der Waals surface area contributed by atoms with E-state index in [4.69, 9.17) is 4.74 Å². The van der Waals surface area contributed by atoms with Crippen molar-refractivity contribution in [3.05, 3.63) is 71.9 Å². The molecule has 0 unspecified atom stereocenters. The van der Waals surface area contributed by atoms with Crippen LogP contribution in [0.1, 0.15) is 16.1 Å². The fraction of sp³-hybridized carbons (Fsp3) is 0.250. The topological polar surface area (TPSA) is 71.5 Å². The molecule has 33 heavy (non-hydrogen) atoms. The van der Waals surface area contributed by atoms with Crippen molar-refractivity contribution < 1.29 is 13.9 Å². The van der Waals surface area contributed by atoms with Crippen LogP contribution in [0.2, 0.25) is 0 Å². The SMILES string of the molecule is COc1ccc(F)cc1CN1CCN(C(=O)c2nccnc2-c2nc3ccccc3s2)CC1. The summed E-state index contributed by atoms with van der Waals surface area (Å²) in [6, 6.07) is 12.4. The molecule has 1 aliphatic heterocycles. The molecule has 0 bridgehead atoms. The van der Waals surface area contributed by atoms with E-state index in [1.54, 1.807) is 24.3 Å². The van der Waals surface area contributed by atoms with Gasteiger partial charge >= 0.3 is 0 Å². The number of para-hydroxylation sites is 1. The molecule has 168 valence electrons. The van der Waals surface area contributed by atoms with Gasteiger partial charge in [-0.15, -0.1) is 11.3 Å². The highest BCUT2D eigenvalue weighted by Gasteiger charge is 2.27. The Balaban J connectivity index is 1.31. The third-order valence-corrected chi connectivity index (χ3v) is 6.74. The molecule has 1 aliphatic rings. The molecule has 0 N–H and O–H groups in total. The molecular formula is C24H22FN5O2S. The van der Waals surface area contributed by atoms with E-state index in [1.807, 2.05) is 24.3 Å². The summed E-state index contributed by atoms with van der Waals surface area (Å²) >= 11 is 1.50. The van der Waals surface area contributed by atoms with Crippen LogP contribution in [0.5, 0.6) is 5.75 Å². The zero-order chi connectivity index (χ0) is 22.8. The fourth-order valence-corrected chi connectivity index (χ4v) is 4.96. The lowest BCUT2D eigenvalue weighted by molar-refractivity contribution is 0.0622. The van der Waals surface area contributed by atoms with Crippen LogP contribution in [0.3, 0.4) is 0 Å². The Hall–Kier alpha value is -3.43. The largest absolute Gasteiger partial charge is 0.496 e. The summed E-state index contributed by atoms with van der Waals surface area (Å²) in [5.41, 5.74) is 2.50. The number of piperazine rings is 1. The standard InChI is InChI=1S/C24H22FN5O2S/c1-32-19-7-6-17(25)14-16(19)15-29-10-12-30(13-11-29)24(31)22-21(26-8-9-27-22)23-28-18-4-2-3-5-20(18)33-23/h2-9,14H,10-13,15H2,1H3. The van der Waals surface area contributed by atoms with Crippen molar-refractivity contribution in [1.82, 2.24) is 24.8 Å². The van der Waals surface area contributed by atoms with E-state index in [0.717, 1.165) is 15.8 Å². The number of rotatable bonds is 5. The molecule has 0 radical (unpaired) electrons. The summed E-state index contributed by atoms with van der Waals surface area (Å²) in [7, 11) is 1.58. The Morgan fingerprint density at radius 1 is 1.09 bits per heavy atom. The Morgan fingerprint density at radius 2 is 1.88 bits per heavy atom. The van der Waals surface area contributed by atoms with Gasteiger partial charge in [-0.25, -0.2) is 19.3 Å². The van der Waals surface area contributed by atoms with Crippen molar-refractivity contribution in [2.24, 2.45) is 0 Å². The van der Waals surface area contributed by atoms with E-state index >= 15 is 0 Å². The van der Waals surface area contributed by atoms with Crippen LogP contribution in [-0.2, 0) is 6.54 Å². The van der Waals surface area contributed by atoms with Gasteiger partial charge in [0.05, 0.1) is 17.3 Å². The minimum absolute atomic E-state index is 0.152. The molecule has 9 heteroatoms. The van der Waals surface area contributed by atoms with E-state index in [9.17, 15) is 9.18 Å². The number of hydrogen-bond acceptors (Lipinski definition) is 7. The van der Waals surface area contributed by atoms with Gasteiger partial charge in [-0.1, -0.05) is 12.1 Å². The number of nitrogens with zero attached hydrogens (tertiary/aromatic N) is 5. The van der Waals surface area contributed by atoms with E-state index in [-0.39, 0.29) is 11.7 Å². The summed E-state index contributed by atoms with van der Waals surface area (Å²) < 4.78 is 20.1. The molecule has 0 atom stereocenters. The first-order valence-electron chi connectivity index (χ1n) is 10.6. The van der Waals surface area contributed by atoms with E-state index in [2.05, 4.69) is 19.9 Å². The lowest BCUT2D eigenvalue weighted by Gasteiger charge is -2.34. The van der Waals surface area contributed by atoms with Crippen molar-refractivity contribution >= 4 is 27.5 Å². The normalized spacial score (nSPS) is 14.5. The molecular weight excluding hydrogens is 441 g/mol. The van der Waals surface area contributed by atoms with Gasteiger partial charge in [-0.2, -0.15) is 0 Å². The highest BCUT2D eigenvalue weighted by molar-refractivity contribution is 7.21. The summed E-state index contributed by atoms with van der Waals surface area (Å²) in [5.74, 6) is 0.222. The number of aromatic nitrogens is 3. The predicted molar refractivity (Wildman–Crippen MR) is 125 cm³/mol. The molecule has 2 aromatic heterocycles. The first-order chi connectivity index (χ1) is 16.1. The van der Waals surface area contributed by atoms with Crippen LogP contribution < -0.4 is 4.74 Å². The summed E-state index contributed by atoms with van der Waals surface area (Å²) in [5, 5.41) is 0.685. The van der Waals surface area contributed by atoms with Crippen LogP contribution in [0.4, 0.5) is 4.39 Å². The quantitative estimate of drug-likeness (QED) is 0.448. The van der Waals surface area contributed by atoms with Gasteiger partial charge in [0, 0.05) is 50.7 Å². The van der Waals surface area contributed by atoms with Gasteiger partial charge in [0.15, 0.2) is 5.69 Å². The van der Waals surface area contributed by atoms with Crippen LogP contribution in [0.15, 0.2) is 54.9 Å². The number of carbonyl (C=O) groups excluding carboxylic acids is 1. The molecule has 7 nitrogen and oxygen atoms in total. The lowest BCUT2D eigenvalue weighted by atomic mass is 10.1. The second-order valence-corrected chi connectivity index (χ2v) is 8.80. The maximum absolute atomic E-state index is 13.7. The number of amides is 1. The molecule has 0 aliphatic carbocycles. The van der Waals surface area contributed by atoms with Gasteiger partial charge in [0.1, 0.15) is 22.3 Å². The monoisotopic (exact) mass is 463 g/mol. The third-order valence-electron chi connectivity index (χ3n) is 5.69. The molecule has 5 rings (SSSR count). The molecule has 1 amide bonds. The second kappa shape index (κ2) is 9.21. The number of fused-ring (bicyclic) bond motifs is 1. The molecule has 1 fully saturated rings. The number of halogens is 1. The van der Waals surface area contributed by atoms with E-state index in [0.29, 0.717) is 54.9 Å². The first kappa shape index (κ1) is 21.4. The molecule has 0 spiro atoms. The van der Waals surface area contributed by atoms with Crippen molar-refractivity contribution in [3.8, 4) is 16.5 Å². The lowest BCUT2D eigenvalue weighted by Crippen LogP contribution is -2.48. The van der Waals surface area contributed by atoms with E-state index in [1.165, 1.54) is 29.7 Å². The average Bonchev–Trinajstić information content (AvgIpc) is 3.28. The Morgan fingerprint density at radius 3 is 2.67 bits per heavy atom. The number of hydrogen-bond donors (Lipinski definition) is 0. The minimum Gasteiger partial charge on any atom is -0.496 e. The highest BCUT2D eigenvalue weighted by Crippen LogP contribution is 2.30. The third kappa shape index (κ3) is 4.42. The maximum atomic E-state index is 13.7. The average molecular weight is 464 g/mol. The molecule has 3 heterocycles. The Labute approximate surface area is 194 Å². The number of carbonyl (C=O) groups is 1. The Bertz CT molecular complexity index is 1270. The van der Waals surface area contributed by atoms with Crippen LogP contribution in [0, 0.1) is 5.82 Å². The maximum Gasteiger partial charge on any atom is 0.274 e. The minimum atomic E-state index is -0.287. The van der Waals surface area contributed by atoms with Gasteiger partial charge < -0.3 is 9.64 Å². The van der Waals surface area contributed by atoms with Crippen molar-refractivity contribution in [2.75, 3.05) is 33.3 Å². The molecule has 0 saturated carbocycles. The van der Waals surface area contributed by atoms with Gasteiger partial charge in [0.2, 0.25) is 0 Å².